The van der Waals surface area contributed by atoms with Gasteiger partial charge in [0, 0.05) is 12.1 Å². The Morgan fingerprint density at radius 2 is 2.04 bits per heavy atom. The van der Waals surface area contributed by atoms with Crippen molar-refractivity contribution in [2.75, 3.05) is 13.6 Å². The Labute approximate surface area is 143 Å². The van der Waals surface area contributed by atoms with Gasteiger partial charge in [-0.1, -0.05) is 12.8 Å². The number of carbonyl (C=O) groups excluding carboxylic acids is 1. The van der Waals surface area contributed by atoms with Crippen molar-refractivity contribution in [3.8, 4) is 0 Å². The van der Waals surface area contributed by atoms with E-state index in [1.165, 1.54) is 25.7 Å². The van der Waals surface area contributed by atoms with E-state index in [4.69, 9.17) is 9.90 Å². The van der Waals surface area contributed by atoms with E-state index in [-0.39, 0.29) is 24.5 Å². The third-order valence-corrected chi connectivity index (χ3v) is 4.26. The van der Waals surface area contributed by atoms with E-state index >= 15 is 0 Å². The fourth-order valence-corrected chi connectivity index (χ4v) is 3.01. The molecule has 0 aromatic carbocycles. The molecular weight excluding hydrogens is 310 g/mol. The molecule has 136 valence electrons. The van der Waals surface area contributed by atoms with E-state index in [1.807, 2.05) is 18.5 Å². The molecule has 1 aliphatic carbocycles. The zero-order valence-corrected chi connectivity index (χ0v) is 15.0. The molecule has 1 amide bonds. The van der Waals surface area contributed by atoms with Crippen molar-refractivity contribution in [2.24, 2.45) is 0 Å². The molecule has 1 aromatic heterocycles. The maximum atomic E-state index is 12.2. The summed E-state index contributed by atoms with van der Waals surface area (Å²) in [6, 6.07) is 0.722. The first-order valence-electron chi connectivity index (χ1n) is 8.37. The molecule has 1 aliphatic rings. The minimum Gasteiger partial charge on any atom is -0.483 e. The van der Waals surface area contributed by atoms with Crippen molar-refractivity contribution in [3.05, 3.63) is 12.2 Å². The minimum absolute atomic E-state index is 0.0511. The second-order valence-corrected chi connectivity index (χ2v) is 6.44. The number of hydrogen-bond acceptors (Lipinski definition) is 5. The van der Waals surface area contributed by atoms with Gasteiger partial charge in [-0.25, -0.2) is 0 Å². The predicted octanol–water partition coefficient (Wildman–Crippen LogP) is 1.61. The molecule has 0 spiro atoms. The van der Waals surface area contributed by atoms with Gasteiger partial charge >= 0.3 is 0 Å². The van der Waals surface area contributed by atoms with E-state index in [9.17, 15) is 4.79 Å². The molecule has 1 atom stereocenters. The van der Waals surface area contributed by atoms with E-state index in [0.29, 0.717) is 12.6 Å². The molecule has 0 saturated heterocycles. The highest BCUT2D eigenvalue weighted by Crippen LogP contribution is 2.22. The van der Waals surface area contributed by atoms with Crippen LogP contribution in [0.2, 0.25) is 0 Å². The molecule has 1 heterocycles. The van der Waals surface area contributed by atoms with Gasteiger partial charge in [-0.3, -0.25) is 14.5 Å². The highest BCUT2D eigenvalue weighted by Gasteiger charge is 2.23. The third-order valence-electron chi connectivity index (χ3n) is 4.26. The predicted molar refractivity (Wildman–Crippen MR) is 90.5 cm³/mol. The van der Waals surface area contributed by atoms with Gasteiger partial charge in [-0.05, 0) is 40.7 Å². The Bertz CT molecular complexity index is 512. The molecule has 0 bridgehead atoms. The van der Waals surface area contributed by atoms with Gasteiger partial charge in [0.2, 0.25) is 5.91 Å². The fraction of sp³-hybridized carbons (Fsp3) is 0.750. The first-order valence-corrected chi connectivity index (χ1v) is 8.37. The maximum Gasteiger partial charge on any atom is 0.290 e. The smallest absolute Gasteiger partial charge is 0.290 e. The van der Waals surface area contributed by atoms with Gasteiger partial charge in [-0.15, -0.1) is 10.2 Å². The standard InChI is InChI=1S/C15H27N5O.CH2O2/c1-11(2)20-10-16-18-15(20)12(3)17-14(21)9-19(4)13-7-5-6-8-13;2-1-3/h10-13H,5-9H2,1-4H3,(H,17,21);1H,(H,2,3). The summed E-state index contributed by atoms with van der Waals surface area (Å²) < 4.78 is 1.99. The van der Waals surface area contributed by atoms with Crippen LogP contribution in [0.3, 0.4) is 0 Å². The molecule has 2 rings (SSSR count). The first-order chi connectivity index (χ1) is 11.4. The van der Waals surface area contributed by atoms with Gasteiger partial charge in [0.15, 0.2) is 5.82 Å². The molecule has 0 radical (unpaired) electrons. The van der Waals surface area contributed by atoms with Crippen LogP contribution < -0.4 is 5.32 Å². The zero-order chi connectivity index (χ0) is 18.1. The number of hydrogen-bond donors (Lipinski definition) is 2. The number of nitrogens with zero attached hydrogens (tertiary/aromatic N) is 4. The molecule has 1 saturated carbocycles. The molecule has 0 aliphatic heterocycles. The summed E-state index contributed by atoms with van der Waals surface area (Å²) in [4.78, 5) is 22.7. The van der Waals surface area contributed by atoms with Gasteiger partial charge in [0.05, 0.1) is 12.6 Å². The summed E-state index contributed by atoms with van der Waals surface area (Å²) in [6.07, 6.45) is 6.70. The van der Waals surface area contributed by atoms with Crippen LogP contribution in [0.5, 0.6) is 0 Å². The third kappa shape index (κ3) is 5.92. The summed E-state index contributed by atoms with van der Waals surface area (Å²) in [5.74, 6) is 0.858. The maximum absolute atomic E-state index is 12.2. The number of carbonyl (C=O) groups is 2. The minimum atomic E-state index is -0.250. The molecule has 24 heavy (non-hydrogen) atoms. The summed E-state index contributed by atoms with van der Waals surface area (Å²) in [5, 5.41) is 18.0. The summed E-state index contributed by atoms with van der Waals surface area (Å²) >= 11 is 0. The molecule has 1 fully saturated rings. The molecule has 1 aromatic rings. The largest absolute Gasteiger partial charge is 0.483 e. The lowest BCUT2D eigenvalue weighted by Gasteiger charge is -2.24. The lowest BCUT2D eigenvalue weighted by atomic mass is 10.2. The number of aromatic nitrogens is 3. The monoisotopic (exact) mass is 339 g/mol. The Morgan fingerprint density at radius 1 is 1.46 bits per heavy atom. The van der Waals surface area contributed by atoms with Gasteiger partial charge in [-0.2, -0.15) is 0 Å². The lowest BCUT2D eigenvalue weighted by Crippen LogP contribution is -2.40. The highest BCUT2D eigenvalue weighted by atomic mass is 16.3. The van der Waals surface area contributed by atoms with Crippen LogP contribution in [0, 0.1) is 0 Å². The highest BCUT2D eigenvalue weighted by molar-refractivity contribution is 5.78. The van der Waals surface area contributed by atoms with Crippen molar-refractivity contribution in [1.29, 1.82) is 0 Å². The zero-order valence-electron chi connectivity index (χ0n) is 15.0. The molecule has 1 unspecified atom stereocenters. The first kappa shape index (κ1) is 20.1. The number of likely N-dealkylation sites (N-methyl/N-ethyl adjacent to an activating group) is 1. The van der Waals surface area contributed by atoms with Gasteiger partial charge in [0.1, 0.15) is 6.33 Å². The fourth-order valence-electron chi connectivity index (χ4n) is 3.01. The molecule has 2 N–H and O–H groups in total. The van der Waals surface area contributed by atoms with Crippen LogP contribution in [-0.2, 0) is 9.59 Å². The Hall–Kier alpha value is -1.96. The molecule has 8 nitrogen and oxygen atoms in total. The van der Waals surface area contributed by atoms with E-state index in [2.05, 4.69) is 34.3 Å². The number of amides is 1. The SMILES string of the molecule is CC(NC(=O)CN(C)C1CCCC1)c1nncn1C(C)C.O=CO. The average molecular weight is 339 g/mol. The lowest BCUT2D eigenvalue weighted by molar-refractivity contribution is -0.123. The van der Waals surface area contributed by atoms with E-state index < -0.39 is 0 Å². The van der Waals surface area contributed by atoms with Crippen LogP contribution in [0.1, 0.15) is 64.4 Å². The van der Waals surface area contributed by atoms with Crippen molar-refractivity contribution in [1.82, 2.24) is 25.0 Å². The van der Waals surface area contributed by atoms with Crippen molar-refractivity contribution >= 4 is 12.4 Å². The number of rotatable bonds is 6. The Balaban J connectivity index is 0.000000891. The van der Waals surface area contributed by atoms with Crippen LogP contribution >= 0.6 is 0 Å². The van der Waals surface area contributed by atoms with E-state index in [1.54, 1.807) is 6.33 Å². The number of nitrogens with one attached hydrogen (secondary N) is 1. The summed E-state index contributed by atoms with van der Waals surface area (Å²) in [5.41, 5.74) is 0. The van der Waals surface area contributed by atoms with Crippen molar-refractivity contribution < 1.29 is 14.7 Å². The second-order valence-electron chi connectivity index (χ2n) is 6.44. The van der Waals surface area contributed by atoms with Crippen LogP contribution in [0.15, 0.2) is 6.33 Å². The summed E-state index contributed by atoms with van der Waals surface area (Å²) in [6.45, 7) is 6.31. The normalized spacial score (nSPS) is 15.9. The van der Waals surface area contributed by atoms with Gasteiger partial charge in [0.25, 0.3) is 6.47 Å². The van der Waals surface area contributed by atoms with E-state index in [0.717, 1.165) is 5.82 Å². The average Bonchev–Trinajstić information content (AvgIpc) is 3.19. The number of carboxylic acid groups (broad SMARTS) is 1. The summed E-state index contributed by atoms with van der Waals surface area (Å²) in [7, 11) is 2.04. The second kappa shape index (κ2) is 10.0. The van der Waals surface area contributed by atoms with Crippen molar-refractivity contribution in [2.45, 2.75) is 64.6 Å². The molecular formula is C16H29N5O3. The van der Waals surface area contributed by atoms with Crippen LogP contribution in [0.25, 0.3) is 0 Å². The quantitative estimate of drug-likeness (QED) is 0.764. The van der Waals surface area contributed by atoms with Crippen LogP contribution in [0.4, 0.5) is 0 Å². The Morgan fingerprint density at radius 3 is 2.58 bits per heavy atom. The topological polar surface area (TPSA) is 100 Å². The molecule has 8 heteroatoms. The van der Waals surface area contributed by atoms with Crippen LogP contribution in [-0.4, -0.2) is 56.8 Å². The van der Waals surface area contributed by atoms with Gasteiger partial charge < -0.3 is 15.0 Å². The Kier molecular flexibility index (Phi) is 8.39. The van der Waals surface area contributed by atoms with Crippen molar-refractivity contribution in [3.63, 3.8) is 0 Å².